The Morgan fingerprint density at radius 2 is 2.39 bits per heavy atom. The zero-order chi connectivity index (χ0) is 13.0. The Hall–Kier alpha value is -1.46. The predicted octanol–water partition coefficient (Wildman–Crippen LogP) is 1.29. The van der Waals surface area contributed by atoms with Crippen molar-refractivity contribution in [3.63, 3.8) is 0 Å². The number of ether oxygens (including phenoxy) is 1. The minimum absolute atomic E-state index is 0.0176. The van der Waals surface area contributed by atoms with E-state index in [1.165, 1.54) is 12.1 Å². The Morgan fingerprint density at radius 1 is 1.56 bits per heavy atom. The summed E-state index contributed by atoms with van der Waals surface area (Å²) in [5, 5.41) is 3.08. The highest BCUT2D eigenvalue weighted by atomic mass is 19.1. The molecule has 1 aromatic rings. The number of halogens is 1. The van der Waals surface area contributed by atoms with Crippen molar-refractivity contribution in [2.45, 2.75) is 13.1 Å². The van der Waals surface area contributed by atoms with Crippen LogP contribution in [0.5, 0.6) is 0 Å². The third kappa shape index (κ3) is 2.86. The van der Waals surface area contributed by atoms with Crippen LogP contribution in [0.2, 0.25) is 0 Å². The number of carbonyl (C=O) groups excluding carboxylic acids is 1. The summed E-state index contributed by atoms with van der Waals surface area (Å²) in [7, 11) is 0. The molecular weight excluding hydrogens is 235 g/mol. The second kappa shape index (κ2) is 5.93. The lowest BCUT2D eigenvalue weighted by atomic mass is 10.1. The quantitative estimate of drug-likeness (QED) is 0.803. The summed E-state index contributed by atoms with van der Waals surface area (Å²) in [6.45, 7) is 3.83. The highest BCUT2D eigenvalue weighted by Crippen LogP contribution is 2.22. The van der Waals surface area contributed by atoms with Crippen molar-refractivity contribution in [1.29, 1.82) is 0 Å². The minimum Gasteiger partial charge on any atom is -0.380 e. The van der Waals surface area contributed by atoms with E-state index in [-0.39, 0.29) is 24.4 Å². The monoisotopic (exact) mass is 252 g/mol. The van der Waals surface area contributed by atoms with Crippen molar-refractivity contribution in [2.24, 2.45) is 0 Å². The lowest BCUT2D eigenvalue weighted by molar-refractivity contribution is -0.128. The van der Waals surface area contributed by atoms with Crippen LogP contribution in [0.15, 0.2) is 24.3 Å². The zero-order valence-corrected chi connectivity index (χ0v) is 10.4. The van der Waals surface area contributed by atoms with Gasteiger partial charge in [0.05, 0.1) is 13.2 Å². The van der Waals surface area contributed by atoms with Crippen LogP contribution in [-0.2, 0) is 9.53 Å². The molecule has 1 aromatic carbocycles. The summed E-state index contributed by atoms with van der Waals surface area (Å²) in [5.74, 6) is -0.276. The lowest BCUT2D eigenvalue weighted by Gasteiger charge is -2.24. The first kappa shape index (κ1) is 13.0. The van der Waals surface area contributed by atoms with Crippen molar-refractivity contribution in [3.05, 3.63) is 35.6 Å². The Morgan fingerprint density at radius 3 is 3.11 bits per heavy atom. The molecule has 5 heteroatoms. The average molecular weight is 252 g/mol. The second-order valence-electron chi connectivity index (χ2n) is 4.12. The summed E-state index contributed by atoms with van der Waals surface area (Å²) in [5.41, 5.74) is 0.761. The largest absolute Gasteiger partial charge is 0.380 e. The standard InChI is InChI=1S/C13H17FN2O2/c1-2-18-7-6-16-12(17)9-15-13(16)10-4-3-5-11(14)8-10/h3-5,8,13,15H,2,6-7,9H2,1H3. The van der Waals surface area contributed by atoms with Crippen molar-refractivity contribution in [2.75, 3.05) is 26.3 Å². The SMILES string of the molecule is CCOCCN1C(=O)CNC1c1cccc(F)c1. The molecule has 1 atom stereocenters. The predicted molar refractivity (Wildman–Crippen MR) is 65.3 cm³/mol. The van der Waals surface area contributed by atoms with Gasteiger partial charge in [0, 0.05) is 13.2 Å². The Kier molecular flexibility index (Phi) is 4.28. The number of rotatable bonds is 5. The lowest BCUT2D eigenvalue weighted by Crippen LogP contribution is -2.33. The molecule has 0 bridgehead atoms. The summed E-state index contributed by atoms with van der Waals surface area (Å²) in [6.07, 6.45) is -0.256. The molecule has 0 radical (unpaired) electrons. The molecule has 1 amide bonds. The number of amides is 1. The van der Waals surface area contributed by atoms with E-state index >= 15 is 0 Å². The summed E-state index contributed by atoms with van der Waals surface area (Å²) < 4.78 is 18.5. The van der Waals surface area contributed by atoms with E-state index in [0.717, 1.165) is 5.56 Å². The van der Waals surface area contributed by atoms with Crippen LogP contribution in [0.1, 0.15) is 18.7 Å². The van der Waals surface area contributed by atoms with Crippen LogP contribution < -0.4 is 5.32 Å². The van der Waals surface area contributed by atoms with Crippen LogP contribution in [0.3, 0.4) is 0 Å². The van der Waals surface area contributed by atoms with Crippen molar-refractivity contribution >= 4 is 5.91 Å². The molecule has 1 N–H and O–H groups in total. The van der Waals surface area contributed by atoms with E-state index in [9.17, 15) is 9.18 Å². The first-order chi connectivity index (χ1) is 8.72. The fraction of sp³-hybridized carbons (Fsp3) is 0.462. The van der Waals surface area contributed by atoms with Gasteiger partial charge in [0.2, 0.25) is 5.91 Å². The van der Waals surface area contributed by atoms with Crippen LogP contribution in [0.4, 0.5) is 4.39 Å². The molecule has 0 aliphatic carbocycles. The van der Waals surface area contributed by atoms with E-state index in [1.54, 1.807) is 11.0 Å². The van der Waals surface area contributed by atoms with E-state index in [4.69, 9.17) is 4.74 Å². The first-order valence-electron chi connectivity index (χ1n) is 6.08. The van der Waals surface area contributed by atoms with Gasteiger partial charge >= 0.3 is 0 Å². The van der Waals surface area contributed by atoms with Gasteiger partial charge in [-0.15, -0.1) is 0 Å². The number of nitrogens with one attached hydrogen (secondary N) is 1. The smallest absolute Gasteiger partial charge is 0.238 e. The second-order valence-corrected chi connectivity index (χ2v) is 4.12. The molecule has 1 saturated heterocycles. The maximum atomic E-state index is 13.2. The third-order valence-electron chi connectivity index (χ3n) is 2.92. The summed E-state index contributed by atoms with van der Waals surface area (Å²) in [6, 6.07) is 6.30. The van der Waals surface area contributed by atoms with E-state index in [0.29, 0.717) is 19.8 Å². The fourth-order valence-electron chi connectivity index (χ4n) is 2.08. The van der Waals surface area contributed by atoms with Crippen molar-refractivity contribution in [3.8, 4) is 0 Å². The average Bonchev–Trinajstić information content (AvgIpc) is 2.72. The van der Waals surface area contributed by atoms with Gasteiger partial charge in [-0.3, -0.25) is 10.1 Å². The van der Waals surface area contributed by atoms with Crippen LogP contribution >= 0.6 is 0 Å². The molecule has 0 aromatic heterocycles. The number of benzene rings is 1. The molecule has 1 unspecified atom stereocenters. The normalized spacial score (nSPS) is 19.6. The van der Waals surface area contributed by atoms with Crippen LogP contribution in [0.25, 0.3) is 0 Å². The van der Waals surface area contributed by atoms with Gasteiger partial charge in [0.15, 0.2) is 0 Å². The van der Waals surface area contributed by atoms with Crippen molar-refractivity contribution in [1.82, 2.24) is 10.2 Å². The molecule has 0 spiro atoms. The molecular formula is C13H17FN2O2. The Labute approximate surface area is 106 Å². The van der Waals surface area contributed by atoms with Gasteiger partial charge < -0.3 is 9.64 Å². The maximum absolute atomic E-state index is 13.2. The van der Waals surface area contributed by atoms with Crippen LogP contribution in [-0.4, -0.2) is 37.1 Å². The number of nitrogens with zero attached hydrogens (tertiary/aromatic N) is 1. The number of hydrogen-bond acceptors (Lipinski definition) is 3. The number of carbonyl (C=O) groups is 1. The van der Waals surface area contributed by atoms with Gasteiger partial charge in [0.1, 0.15) is 12.0 Å². The molecule has 1 aliphatic heterocycles. The fourth-order valence-corrected chi connectivity index (χ4v) is 2.08. The Bertz CT molecular complexity index is 425. The van der Waals surface area contributed by atoms with Gasteiger partial charge in [0.25, 0.3) is 0 Å². The Balaban J connectivity index is 2.08. The van der Waals surface area contributed by atoms with Gasteiger partial charge in [-0.05, 0) is 24.6 Å². The minimum atomic E-state index is -0.293. The maximum Gasteiger partial charge on any atom is 0.238 e. The summed E-state index contributed by atoms with van der Waals surface area (Å²) >= 11 is 0. The third-order valence-corrected chi connectivity index (χ3v) is 2.92. The highest BCUT2D eigenvalue weighted by molar-refractivity contribution is 5.80. The van der Waals surface area contributed by atoms with Gasteiger partial charge in [-0.25, -0.2) is 4.39 Å². The summed E-state index contributed by atoms with van der Waals surface area (Å²) in [4.78, 5) is 13.4. The number of hydrogen-bond donors (Lipinski definition) is 1. The topological polar surface area (TPSA) is 41.6 Å². The molecule has 98 valence electrons. The molecule has 1 heterocycles. The molecule has 2 rings (SSSR count). The van der Waals surface area contributed by atoms with E-state index in [1.807, 2.05) is 13.0 Å². The van der Waals surface area contributed by atoms with Crippen molar-refractivity contribution < 1.29 is 13.9 Å². The van der Waals surface area contributed by atoms with E-state index < -0.39 is 0 Å². The molecule has 18 heavy (non-hydrogen) atoms. The van der Waals surface area contributed by atoms with Crippen LogP contribution in [0, 0.1) is 5.82 Å². The molecule has 4 nitrogen and oxygen atoms in total. The first-order valence-corrected chi connectivity index (χ1v) is 6.08. The van der Waals surface area contributed by atoms with Gasteiger partial charge in [-0.2, -0.15) is 0 Å². The zero-order valence-electron chi connectivity index (χ0n) is 10.4. The molecule has 1 fully saturated rings. The van der Waals surface area contributed by atoms with Gasteiger partial charge in [-0.1, -0.05) is 12.1 Å². The highest BCUT2D eigenvalue weighted by Gasteiger charge is 2.31. The molecule has 0 saturated carbocycles. The van der Waals surface area contributed by atoms with E-state index in [2.05, 4.69) is 5.32 Å². The molecule has 1 aliphatic rings.